The molecule has 1 fully saturated rings. The quantitative estimate of drug-likeness (QED) is 0.902. The van der Waals surface area contributed by atoms with Gasteiger partial charge in [-0.1, -0.05) is 0 Å². The molecule has 124 valence electrons. The van der Waals surface area contributed by atoms with Gasteiger partial charge in [-0.25, -0.2) is 0 Å². The number of piperidine rings is 1. The molecule has 0 bridgehead atoms. The number of halogens is 3. The third-order valence-electron chi connectivity index (χ3n) is 3.37. The first-order valence-electron chi connectivity index (χ1n) is 6.55. The number of carbonyl (C=O) groups excluding carboxylic acids is 1. The Labute approximate surface area is 130 Å². The van der Waals surface area contributed by atoms with Crippen LogP contribution in [-0.2, 0) is 21.4 Å². The number of carbonyl (C=O) groups is 1. The van der Waals surface area contributed by atoms with Gasteiger partial charge in [-0.15, -0.1) is 11.3 Å². The fraction of sp³-hybridized carbons (Fsp3) is 0.583. The lowest BCUT2D eigenvalue weighted by Crippen LogP contribution is -2.35. The molecule has 0 radical (unpaired) electrons. The molecule has 0 saturated carbocycles. The molecule has 0 aliphatic carbocycles. The average Bonchev–Trinajstić information content (AvgIpc) is 2.72. The zero-order valence-electron chi connectivity index (χ0n) is 11.7. The van der Waals surface area contributed by atoms with Gasteiger partial charge in [0.15, 0.2) is 0 Å². The third-order valence-corrected chi connectivity index (χ3v) is 5.42. The molecule has 1 aliphatic rings. The molecule has 5 nitrogen and oxygen atoms in total. The molecule has 22 heavy (non-hydrogen) atoms. The second kappa shape index (κ2) is 6.07. The Balaban J connectivity index is 2.23. The molecule has 1 saturated heterocycles. The van der Waals surface area contributed by atoms with Gasteiger partial charge in [-0.2, -0.15) is 21.6 Å². The molecule has 1 N–H and O–H groups in total. The van der Waals surface area contributed by atoms with E-state index >= 15 is 0 Å². The van der Waals surface area contributed by atoms with Crippen molar-refractivity contribution in [3.05, 3.63) is 15.8 Å². The highest BCUT2D eigenvalue weighted by molar-refractivity contribution is 7.93. The van der Waals surface area contributed by atoms with Crippen LogP contribution in [0.4, 0.5) is 18.9 Å². The van der Waals surface area contributed by atoms with Crippen molar-refractivity contribution in [2.45, 2.75) is 38.2 Å². The van der Waals surface area contributed by atoms with E-state index in [0.29, 0.717) is 23.4 Å². The van der Waals surface area contributed by atoms with E-state index in [2.05, 4.69) is 0 Å². The van der Waals surface area contributed by atoms with Crippen LogP contribution in [0.15, 0.2) is 5.38 Å². The predicted molar refractivity (Wildman–Crippen MR) is 76.9 cm³/mol. The van der Waals surface area contributed by atoms with Crippen molar-refractivity contribution in [3.8, 4) is 0 Å². The molecule has 1 amide bonds. The predicted octanol–water partition coefficient (Wildman–Crippen LogP) is 2.83. The van der Waals surface area contributed by atoms with E-state index in [1.54, 1.807) is 10.1 Å². The van der Waals surface area contributed by atoms with Gasteiger partial charge in [0, 0.05) is 30.0 Å². The fourth-order valence-corrected chi connectivity index (χ4v) is 3.73. The molecule has 0 atom stereocenters. The summed E-state index contributed by atoms with van der Waals surface area (Å²) in [6, 6.07) is 0. The average molecular weight is 356 g/mol. The van der Waals surface area contributed by atoms with Crippen LogP contribution in [0.1, 0.15) is 29.7 Å². The zero-order valence-corrected chi connectivity index (χ0v) is 13.4. The first kappa shape index (κ1) is 17.1. The minimum atomic E-state index is -5.47. The second-order valence-corrected chi connectivity index (χ2v) is 7.77. The van der Waals surface area contributed by atoms with Crippen LogP contribution < -0.4 is 4.72 Å². The van der Waals surface area contributed by atoms with Crippen LogP contribution in [0.3, 0.4) is 0 Å². The summed E-state index contributed by atoms with van der Waals surface area (Å²) in [7, 11) is -5.47. The number of anilines is 1. The topological polar surface area (TPSA) is 66.5 Å². The second-order valence-electron chi connectivity index (χ2n) is 5.02. The Kier molecular flexibility index (Phi) is 4.71. The minimum Gasteiger partial charge on any atom is -0.338 e. The van der Waals surface area contributed by atoms with Gasteiger partial charge < -0.3 is 4.90 Å². The highest BCUT2D eigenvalue weighted by Gasteiger charge is 2.46. The maximum atomic E-state index is 12.5. The highest BCUT2D eigenvalue weighted by Crippen LogP contribution is 2.33. The number of aryl methyl sites for hydroxylation is 1. The van der Waals surface area contributed by atoms with E-state index in [1.807, 2.05) is 0 Å². The Morgan fingerprint density at radius 3 is 2.64 bits per heavy atom. The minimum absolute atomic E-state index is 0.0697. The van der Waals surface area contributed by atoms with Crippen molar-refractivity contribution < 1.29 is 26.4 Å². The molecule has 1 aromatic rings. The molecule has 2 rings (SSSR count). The maximum Gasteiger partial charge on any atom is 0.516 e. The summed E-state index contributed by atoms with van der Waals surface area (Å²) in [5.74, 6) is -0.0697. The summed E-state index contributed by atoms with van der Waals surface area (Å²) in [5, 5.41) is 1.57. The van der Waals surface area contributed by atoms with Crippen molar-refractivity contribution in [2.75, 3.05) is 11.3 Å². The number of rotatable bonds is 4. The van der Waals surface area contributed by atoms with Gasteiger partial charge in [-0.3, -0.25) is 9.52 Å². The van der Waals surface area contributed by atoms with Crippen LogP contribution >= 0.6 is 11.3 Å². The van der Waals surface area contributed by atoms with Gasteiger partial charge in [0.1, 0.15) is 0 Å². The summed E-state index contributed by atoms with van der Waals surface area (Å²) in [4.78, 5) is 13.7. The van der Waals surface area contributed by atoms with Gasteiger partial charge in [0.25, 0.3) is 0 Å². The summed E-state index contributed by atoms with van der Waals surface area (Å²) in [6.07, 6.45) is 2.04. The van der Waals surface area contributed by atoms with Crippen LogP contribution in [0.2, 0.25) is 0 Å². The van der Waals surface area contributed by atoms with Gasteiger partial charge in [-0.05, 0) is 25.1 Å². The number of hydrogen-bond donors (Lipinski definition) is 1. The smallest absolute Gasteiger partial charge is 0.338 e. The Morgan fingerprint density at radius 2 is 2.05 bits per heavy atom. The van der Waals surface area contributed by atoms with Crippen LogP contribution in [0.25, 0.3) is 0 Å². The number of nitrogens with one attached hydrogen (secondary N) is 1. The molecule has 0 spiro atoms. The molecule has 2 heterocycles. The molecular formula is C12H15F3N2O3S2. The number of alkyl halides is 3. The van der Waals surface area contributed by atoms with Gasteiger partial charge >= 0.3 is 15.5 Å². The van der Waals surface area contributed by atoms with Crippen molar-refractivity contribution in [3.63, 3.8) is 0 Å². The lowest BCUT2D eigenvalue weighted by Gasteiger charge is -2.27. The SMILES string of the molecule is Cc1scc(CN2CCCCC2=O)c1NS(=O)(=O)C(F)(F)F. The van der Waals surface area contributed by atoms with E-state index in [4.69, 9.17) is 0 Å². The summed E-state index contributed by atoms with van der Waals surface area (Å²) < 4.78 is 61.6. The molecular weight excluding hydrogens is 341 g/mol. The van der Waals surface area contributed by atoms with Crippen molar-refractivity contribution >= 4 is 33.0 Å². The number of hydrogen-bond acceptors (Lipinski definition) is 4. The number of nitrogens with zero attached hydrogens (tertiary/aromatic N) is 1. The maximum absolute atomic E-state index is 12.5. The van der Waals surface area contributed by atoms with Crippen LogP contribution in [-0.4, -0.2) is 31.3 Å². The van der Waals surface area contributed by atoms with Crippen LogP contribution in [0.5, 0.6) is 0 Å². The Bertz CT molecular complexity index is 668. The normalized spacial score (nSPS) is 16.9. The van der Waals surface area contributed by atoms with Crippen LogP contribution in [0, 0.1) is 6.92 Å². The molecule has 1 aromatic heterocycles. The van der Waals surface area contributed by atoms with E-state index in [1.165, 1.54) is 11.8 Å². The summed E-state index contributed by atoms with van der Waals surface area (Å²) in [6.45, 7) is 2.17. The van der Waals surface area contributed by atoms with Crippen molar-refractivity contribution in [1.29, 1.82) is 0 Å². The largest absolute Gasteiger partial charge is 0.516 e. The summed E-state index contributed by atoms with van der Waals surface area (Å²) >= 11 is 1.14. The number of thiophene rings is 1. The van der Waals surface area contributed by atoms with E-state index in [-0.39, 0.29) is 18.1 Å². The number of sulfonamides is 1. The first-order chi connectivity index (χ1) is 10.1. The molecule has 1 aliphatic heterocycles. The monoisotopic (exact) mass is 356 g/mol. The number of likely N-dealkylation sites (tertiary alicyclic amines) is 1. The molecule has 0 unspecified atom stereocenters. The van der Waals surface area contributed by atoms with Gasteiger partial charge in [0.2, 0.25) is 5.91 Å². The lowest BCUT2D eigenvalue weighted by atomic mass is 10.1. The van der Waals surface area contributed by atoms with Gasteiger partial charge in [0.05, 0.1) is 5.69 Å². The summed E-state index contributed by atoms with van der Waals surface area (Å²) in [5.41, 5.74) is -5.08. The van der Waals surface area contributed by atoms with Crippen molar-refractivity contribution in [2.24, 2.45) is 0 Å². The third kappa shape index (κ3) is 3.54. The Morgan fingerprint density at radius 1 is 1.36 bits per heavy atom. The standard InChI is InChI=1S/C12H15F3N2O3S2/c1-8-11(16-22(19,20)12(13,14)15)9(7-21-8)6-17-5-3-2-4-10(17)18/h7,16H,2-6H2,1H3. The van der Waals surface area contributed by atoms with E-state index in [9.17, 15) is 26.4 Å². The van der Waals surface area contributed by atoms with E-state index < -0.39 is 15.5 Å². The number of amides is 1. The van der Waals surface area contributed by atoms with E-state index in [0.717, 1.165) is 24.2 Å². The Hall–Kier alpha value is -1.29. The van der Waals surface area contributed by atoms with Crippen molar-refractivity contribution in [1.82, 2.24) is 4.90 Å². The first-order valence-corrected chi connectivity index (χ1v) is 8.92. The zero-order chi connectivity index (χ0) is 16.5. The highest BCUT2D eigenvalue weighted by atomic mass is 32.2. The fourth-order valence-electron chi connectivity index (χ4n) is 2.18. The molecule has 0 aromatic carbocycles. The molecule has 10 heteroatoms. The lowest BCUT2D eigenvalue weighted by molar-refractivity contribution is -0.133.